The molecule has 5 heteroatoms. The van der Waals surface area contributed by atoms with Gasteiger partial charge in [0.1, 0.15) is 11.6 Å². The zero-order valence-corrected chi connectivity index (χ0v) is 12.7. The maximum atomic E-state index is 13.8. The summed E-state index contributed by atoms with van der Waals surface area (Å²) in [6.45, 7) is 5.46. The van der Waals surface area contributed by atoms with Gasteiger partial charge in [0.25, 0.3) is 5.91 Å². The topological polar surface area (TPSA) is 45.5 Å². The van der Waals surface area contributed by atoms with Gasteiger partial charge in [-0.2, -0.15) is 0 Å². The summed E-state index contributed by atoms with van der Waals surface area (Å²) in [5.41, 5.74) is 0.364. The predicted octanol–water partition coefficient (Wildman–Crippen LogP) is 2.91. The molecule has 2 aromatic rings. The first-order valence-electron chi connectivity index (χ1n) is 7.47. The standard InChI is InChI=1S/C17H19FN2O2/c1-11-12(2)20(10-9-19-11)17(21)16-8-7-15(22-16)13-5-3-4-6-14(13)18/h3-8,11-12,19H,9-10H2,1-2H3. The van der Waals surface area contributed by atoms with Gasteiger partial charge in [0.15, 0.2) is 5.76 Å². The van der Waals surface area contributed by atoms with Crippen molar-refractivity contribution in [2.75, 3.05) is 13.1 Å². The molecule has 0 aliphatic carbocycles. The van der Waals surface area contributed by atoms with Crippen LogP contribution in [-0.4, -0.2) is 36.0 Å². The van der Waals surface area contributed by atoms with E-state index in [0.29, 0.717) is 17.9 Å². The van der Waals surface area contributed by atoms with E-state index < -0.39 is 0 Å². The predicted molar refractivity (Wildman–Crippen MR) is 82.1 cm³/mol. The molecule has 0 saturated carbocycles. The number of furan rings is 1. The molecule has 1 saturated heterocycles. The van der Waals surface area contributed by atoms with Crippen LogP contribution in [0, 0.1) is 5.82 Å². The molecule has 116 valence electrons. The lowest BCUT2D eigenvalue weighted by atomic mass is 10.1. The van der Waals surface area contributed by atoms with E-state index in [2.05, 4.69) is 12.2 Å². The average Bonchev–Trinajstić information content (AvgIpc) is 2.99. The second-order valence-corrected chi connectivity index (χ2v) is 5.63. The highest BCUT2D eigenvalue weighted by molar-refractivity contribution is 5.92. The Kier molecular flexibility index (Phi) is 3.98. The molecular weight excluding hydrogens is 283 g/mol. The fraction of sp³-hybridized carbons (Fsp3) is 0.353. The first-order chi connectivity index (χ1) is 10.6. The summed E-state index contributed by atoms with van der Waals surface area (Å²) in [4.78, 5) is 14.4. The monoisotopic (exact) mass is 302 g/mol. The second-order valence-electron chi connectivity index (χ2n) is 5.63. The smallest absolute Gasteiger partial charge is 0.289 e. The lowest BCUT2D eigenvalue weighted by molar-refractivity contribution is 0.0571. The summed E-state index contributed by atoms with van der Waals surface area (Å²) in [7, 11) is 0. The van der Waals surface area contributed by atoms with Crippen LogP contribution in [0.1, 0.15) is 24.4 Å². The first kappa shape index (κ1) is 14.8. The minimum atomic E-state index is -0.361. The van der Waals surface area contributed by atoms with Gasteiger partial charge in [0.05, 0.1) is 5.56 Å². The molecule has 1 N–H and O–H groups in total. The number of carbonyl (C=O) groups is 1. The molecule has 1 aromatic heterocycles. The van der Waals surface area contributed by atoms with E-state index in [1.807, 2.05) is 6.92 Å². The summed E-state index contributed by atoms with van der Waals surface area (Å²) >= 11 is 0. The van der Waals surface area contributed by atoms with E-state index in [4.69, 9.17) is 4.42 Å². The van der Waals surface area contributed by atoms with Gasteiger partial charge >= 0.3 is 0 Å². The number of piperazine rings is 1. The quantitative estimate of drug-likeness (QED) is 0.928. The summed E-state index contributed by atoms with van der Waals surface area (Å²) in [6.07, 6.45) is 0. The van der Waals surface area contributed by atoms with Gasteiger partial charge in [0, 0.05) is 25.2 Å². The highest BCUT2D eigenvalue weighted by Gasteiger charge is 2.30. The minimum absolute atomic E-state index is 0.0864. The molecule has 2 atom stereocenters. The number of hydrogen-bond donors (Lipinski definition) is 1. The van der Waals surface area contributed by atoms with Crippen LogP contribution in [0.4, 0.5) is 4.39 Å². The van der Waals surface area contributed by atoms with Crippen LogP contribution in [0.3, 0.4) is 0 Å². The van der Waals surface area contributed by atoms with E-state index in [-0.39, 0.29) is 29.6 Å². The van der Waals surface area contributed by atoms with E-state index in [9.17, 15) is 9.18 Å². The van der Waals surface area contributed by atoms with E-state index >= 15 is 0 Å². The lowest BCUT2D eigenvalue weighted by Crippen LogP contribution is -2.57. The van der Waals surface area contributed by atoms with Gasteiger partial charge in [-0.1, -0.05) is 12.1 Å². The van der Waals surface area contributed by atoms with Crippen molar-refractivity contribution in [1.82, 2.24) is 10.2 Å². The van der Waals surface area contributed by atoms with Crippen LogP contribution in [0.2, 0.25) is 0 Å². The lowest BCUT2D eigenvalue weighted by Gasteiger charge is -2.38. The van der Waals surface area contributed by atoms with Crippen LogP contribution in [0.15, 0.2) is 40.8 Å². The van der Waals surface area contributed by atoms with Gasteiger partial charge < -0.3 is 14.6 Å². The Hall–Kier alpha value is -2.14. The van der Waals surface area contributed by atoms with Crippen LogP contribution in [-0.2, 0) is 0 Å². The van der Waals surface area contributed by atoms with Crippen molar-refractivity contribution in [1.29, 1.82) is 0 Å². The number of nitrogens with zero attached hydrogens (tertiary/aromatic N) is 1. The third-order valence-corrected chi connectivity index (χ3v) is 4.25. The average molecular weight is 302 g/mol. The van der Waals surface area contributed by atoms with E-state index in [1.54, 1.807) is 35.2 Å². The number of rotatable bonds is 2. The second kappa shape index (κ2) is 5.93. The van der Waals surface area contributed by atoms with Crippen LogP contribution < -0.4 is 5.32 Å². The molecule has 0 bridgehead atoms. The SMILES string of the molecule is CC1NCCN(C(=O)c2ccc(-c3ccccc3F)o2)C1C. The molecule has 22 heavy (non-hydrogen) atoms. The Labute approximate surface area is 128 Å². The highest BCUT2D eigenvalue weighted by Crippen LogP contribution is 2.26. The van der Waals surface area contributed by atoms with E-state index in [1.165, 1.54) is 6.07 Å². The van der Waals surface area contributed by atoms with Crippen molar-refractivity contribution in [2.45, 2.75) is 25.9 Å². The number of carbonyl (C=O) groups excluding carboxylic acids is 1. The molecule has 3 rings (SSSR count). The molecule has 4 nitrogen and oxygen atoms in total. The molecule has 1 amide bonds. The molecule has 2 heterocycles. The summed E-state index contributed by atoms with van der Waals surface area (Å²) < 4.78 is 19.4. The van der Waals surface area contributed by atoms with Gasteiger partial charge in [-0.25, -0.2) is 4.39 Å². The van der Waals surface area contributed by atoms with Crippen molar-refractivity contribution in [3.05, 3.63) is 48.0 Å². The highest BCUT2D eigenvalue weighted by atomic mass is 19.1. The molecule has 1 aromatic carbocycles. The molecule has 1 aliphatic rings. The number of amides is 1. The summed E-state index contributed by atoms with van der Waals surface area (Å²) in [5.74, 6) is 0.111. The van der Waals surface area contributed by atoms with Crippen molar-refractivity contribution in [2.24, 2.45) is 0 Å². The molecule has 1 aliphatic heterocycles. The van der Waals surface area contributed by atoms with Crippen molar-refractivity contribution < 1.29 is 13.6 Å². The maximum absolute atomic E-state index is 13.8. The van der Waals surface area contributed by atoms with Gasteiger partial charge in [-0.05, 0) is 38.1 Å². The first-order valence-corrected chi connectivity index (χ1v) is 7.47. The number of nitrogens with one attached hydrogen (secondary N) is 1. The van der Waals surface area contributed by atoms with Crippen LogP contribution >= 0.6 is 0 Å². The largest absolute Gasteiger partial charge is 0.451 e. The molecule has 1 fully saturated rings. The number of halogens is 1. The van der Waals surface area contributed by atoms with Crippen molar-refractivity contribution in [3.8, 4) is 11.3 Å². The minimum Gasteiger partial charge on any atom is -0.451 e. The Bertz CT molecular complexity index is 683. The molecule has 0 radical (unpaired) electrons. The van der Waals surface area contributed by atoms with E-state index in [0.717, 1.165) is 6.54 Å². The van der Waals surface area contributed by atoms with Crippen molar-refractivity contribution in [3.63, 3.8) is 0 Å². The molecular formula is C17H19FN2O2. The zero-order chi connectivity index (χ0) is 15.7. The van der Waals surface area contributed by atoms with Gasteiger partial charge in [-0.15, -0.1) is 0 Å². The number of benzene rings is 1. The third kappa shape index (κ3) is 2.64. The summed E-state index contributed by atoms with van der Waals surface area (Å²) in [5, 5.41) is 3.33. The Morgan fingerprint density at radius 1 is 1.27 bits per heavy atom. The fourth-order valence-electron chi connectivity index (χ4n) is 2.74. The molecule has 0 spiro atoms. The maximum Gasteiger partial charge on any atom is 0.289 e. The Morgan fingerprint density at radius 2 is 2.05 bits per heavy atom. The van der Waals surface area contributed by atoms with Crippen LogP contribution in [0.25, 0.3) is 11.3 Å². The fourth-order valence-corrected chi connectivity index (χ4v) is 2.74. The third-order valence-electron chi connectivity index (χ3n) is 4.25. The molecule has 2 unspecified atom stereocenters. The summed E-state index contributed by atoms with van der Waals surface area (Å²) in [6, 6.07) is 9.95. The zero-order valence-electron chi connectivity index (χ0n) is 12.7. The normalized spacial score (nSPS) is 21.9. The Balaban J connectivity index is 1.85. The van der Waals surface area contributed by atoms with Gasteiger partial charge in [0.2, 0.25) is 0 Å². The van der Waals surface area contributed by atoms with Gasteiger partial charge in [-0.3, -0.25) is 4.79 Å². The Morgan fingerprint density at radius 3 is 2.82 bits per heavy atom. The van der Waals surface area contributed by atoms with Crippen molar-refractivity contribution >= 4 is 5.91 Å². The van der Waals surface area contributed by atoms with Crippen LogP contribution in [0.5, 0.6) is 0 Å². The number of hydrogen-bond acceptors (Lipinski definition) is 3.